The number of likely N-dealkylation sites (N-methyl/N-ethyl adjacent to an activating group) is 1. The van der Waals surface area contributed by atoms with Crippen LogP contribution in [-0.4, -0.2) is 58.5 Å². The fourth-order valence-corrected chi connectivity index (χ4v) is 1.56. The molecule has 16 heavy (non-hydrogen) atoms. The summed E-state index contributed by atoms with van der Waals surface area (Å²) in [5, 5.41) is 6.22. The number of nitrogens with one attached hydrogen (secondary N) is 1. The number of hydrogen-bond acceptors (Lipinski definition) is 4. The summed E-state index contributed by atoms with van der Waals surface area (Å²) in [6.07, 6.45) is 1.38. The molecular weight excluding hydrogens is 210 g/mol. The Kier molecular flexibility index (Phi) is 2.51. The van der Waals surface area contributed by atoms with E-state index in [1.165, 1.54) is 11.1 Å². The summed E-state index contributed by atoms with van der Waals surface area (Å²) in [5.41, 5.74) is 6.12. The van der Waals surface area contributed by atoms with Crippen molar-refractivity contribution in [2.45, 2.75) is 0 Å². The Bertz CT molecular complexity index is 427. The van der Waals surface area contributed by atoms with Crippen molar-refractivity contribution in [3.63, 3.8) is 0 Å². The predicted molar refractivity (Wildman–Crippen MR) is 56.5 cm³/mol. The molecule has 7 nitrogen and oxygen atoms in total. The summed E-state index contributed by atoms with van der Waals surface area (Å²) in [7, 11) is 1.72. The number of aromatic nitrogens is 2. The maximum atomic E-state index is 11.9. The van der Waals surface area contributed by atoms with Crippen molar-refractivity contribution >= 4 is 17.5 Å². The van der Waals surface area contributed by atoms with Crippen molar-refractivity contribution in [1.29, 1.82) is 0 Å². The van der Waals surface area contributed by atoms with Gasteiger partial charge in [-0.05, 0) is 0 Å². The summed E-state index contributed by atoms with van der Waals surface area (Å²) < 4.78 is 0. The second-order valence-corrected chi connectivity index (χ2v) is 3.74. The molecular formula is C9H13N5O2. The minimum atomic E-state index is -0.281. The molecule has 1 aromatic heterocycles. The number of nitrogen functional groups attached to an aromatic ring is 1. The minimum Gasteiger partial charge on any atom is -0.396 e. The predicted octanol–water partition coefficient (Wildman–Crippen LogP) is -1.09. The first-order chi connectivity index (χ1) is 7.59. The molecule has 0 radical (unpaired) electrons. The molecule has 0 bridgehead atoms. The van der Waals surface area contributed by atoms with Gasteiger partial charge in [-0.2, -0.15) is 5.10 Å². The second kappa shape index (κ2) is 3.84. The van der Waals surface area contributed by atoms with E-state index in [1.54, 1.807) is 11.9 Å². The third kappa shape index (κ3) is 1.71. The number of piperazine rings is 1. The van der Waals surface area contributed by atoms with Crippen LogP contribution < -0.4 is 5.73 Å². The van der Waals surface area contributed by atoms with Gasteiger partial charge in [0.25, 0.3) is 5.91 Å². The summed E-state index contributed by atoms with van der Waals surface area (Å²) in [4.78, 5) is 26.4. The number of carbonyl (C=O) groups is 2. The first-order valence-electron chi connectivity index (χ1n) is 4.91. The topological polar surface area (TPSA) is 95.3 Å². The lowest BCUT2D eigenvalue weighted by Crippen LogP contribution is -2.50. The normalized spacial score (nSPS) is 16.7. The number of rotatable bonds is 1. The lowest BCUT2D eigenvalue weighted by Gasteiger charge is -2.31. The highest BCUT2D eigenvalue weighted by molar-refractivity contribution is 5.99. The van der Waals surface area contributed by atoms with Crippen molar-refractivity contribution in [3.05, 3.63) is 11.9 Å². The molecule has 2 heterocycles. The first-order valence-corrected chi connectivity index (χ1v) is 4.91. The zero-order valence-electron chi connectivity index (χ0n) is 8.93. The molecule has 1 aliphatic rings. The lowest BCUT2D eigenvalue weighted by atomic mass is 10.2. The van der Waals surface area contributed by atoms with E-state index >= 15 is 0 Å². The maximum absolute atomic E-state index is 11.9. The first kappa shape index (κ1) is 10.5. The van der Waals surface area contributed by atoms with Crippen molar-refractivity contribution in [2.24, 2.45) is 0 Å². The van der Waals surface area contributed by atoms with E-state index in [0.29, 0.717) is 18.8 Å². The zero-order chi connectivity index (χ0) is 11.7. The molecule has 7 heteroatoms. The van der Waals surface area contributed by atoms with E-state index in [0.717, 1.165) is 0 Å². The van der Waals surface area contributed by atoms with E-state index < -0.39 is 0 Å². The Morgan fingerprint density at radius 2 is 2.31 bits per heavy atom. The van der Waals surface area contributed by atoms with E-state index in [9.17, 15) is 9.59 Å². The van der Waals surface area contributed by atoms with Crippen molar-refractivity contribution in [3.8, 4) is 0 Å². The van der Waals surface area contributed by atoms with Crippen LogP contribution in [0.25, 0.3) is 0 Å². The fraction of sp³-hybridized carbons (Fsp3) is 0.444. The average Bonchev–Trinajstić information content (AvgIpc) is 2.67. The largest absolute Gasteiger partial charge is 0.396 e. The van der Waals surface area contributed by atoms with Gasteiger partial charge in [-0.25, -0.2) is 0 Å². The Balaban J connectivity index is 2.12. The molecule has 2 rings (SSSR count). The molecule has 86 valence electrons. The molecule has 0 spiro atoms. The number of nitrogens with zero attached hydrogens (tertiary/aromatic N) is 3. The van der Waals surface area contributed by atoms with Gasteiger partial charge >= 0.3 is 0 Å². The quantitative estimate of drug-likeness (QED) is 0.632. The molecule has 1 saturated heterocycles. The number of carbonyl (C=O) groups excluding carboxylic acids is 2. The number of amides is 2. The summed E-state index contributed by atoms with van der Waals surface area (Å²) in [6.45, 7) is 1.14. The fourth-order valence-electron chi connectivity index (χ4n) is 1.56. The van der Waals surface area contributed by atoms with Gasteiger partial charge in [0.05, 0.1) is 11.9 Å². The number of hydrogen-bond donors (Lipinski definition) is 2. The molecule has 1 aromatic rings. The third-order valence-electron chi connectivity index (χ3n) is 2.63. The van der Waals surface area contributed by atoms with Crippen LogP contribution in [0.1, 0.15) is 10.5 Å². The SMILES string of the molecule is CN1CCN(C(=O)c2[nH]ncc2N)CC1=O. The van der Waals surface area contributed by atoms with E-state index in [-0.39, 0.29) is 24.1 Å². The zero-order valence-corrected chi connectivity index (χ0v) is 8.93. The molecule has 0 unspecified atom stereocenters. The standard InChI is InChI=1S/C9H13N5O2/c1-13-2-3-14(5-7(13)15)9(16)8-6(10)4-11-12-8/h4H,2-3,5,10H2,1H3,(H,11,12). The Morgan fingerprint density at radius 1 is 1.56 bits per heavy atom. The third-order valence-corrected chi connectivity index (χ3v) is 2.63. The summed E-state index contributed by atoms with van der Waals surface area (Å²) in [5.74, 6) is -0.353. The Labute approximate surface area is 92.2 Å². The number of H-pyrrole nitrogens is 1. The highest BCUT2D eigenvalue weighted by Crippen LogP contribution is 2.11. The molecule has 0 aliphatic carbocycles. The van der Waals surface area contributed by atoms with Crippen LogP contribution in [0.15, 0.2) is 6.20 Å². The minimum absolute atomic E-state index is 0.0716. The number of nitrogens with two attached hydrogens (primary N) is 1. The van der Waals surface area contributed by atoms with Gasteiger partial charge in [0.15, 0.2) is 0 Å². The average molecular weight is 223 g/mol. The van der Waals surface area contributed by atoms with E-state index in [2.05, 4.69) is 10.2 Å². The van der Waals surface area contributed by atoms with Crippen molar-refractivity contribution in [1.82, 2.24) is 20.0 Å². The number of anilines is 1. The molecule has 1 fully saturated rings. The van der Waals surface area contributed by atoms with Crippen molar-refractivity contribution in [2.75, 3.05) is 32.4 Å². The van der Waals surface area contributed by atoms with Crippen molar-refractivity contribution < 1.29 is 9.59 Å². The van der Waals surface area contributed by atoms with E-state index in [1.807, 2.05) is 0 Å². The molecule has 0 atom stereocenters. The van der Waals surface area contributed by atoms with Gasteiger partial charge in [0, 0.05) is 20.1 Å². The second-order valence-electron chi connectivity index (χ2n) is 3.74. The van der Waals surface area contributed by atoms with Gasteiger partial charge in [-0.1, -0.05) is 0 Å². The summed E-state index contributed by atoms with van der Waals surface area (Å²) >= 11 is 0. The molecule has 2 amide bonds. The van der Waals surface area contributed by atoms with Gasteiger partial charge < -0.3 is 15.5 Å². The summed E-state index contributed by atoms with van der Waals surface area (Å²) in [6, 6.07) is 0. The van der Waals surface area contributed by atoms with Crippen LogP contribution in [0.2, 0.25) is 0 Å². The lowest BCUT2D eigenvalue weighted by molar-refractivity contribution is -0.133. The monoisotopic (exact) mass is 223 g/mol. The van der Waals surface area contributed by atoms with Crippen LogP contribution in [0.4, 0.5) is 5.69 Å². The highest BCUT2D eigenvalue weighted by Gasteiger charge is 2.27. The van der Waals surface area contributed by atoms with Crippen LogP contribution >= 0.6 is 0 Å². The highest BCUT2D eigenvalue weighted by atomic mass is 16.2. The molecule has 1 aliphatic heterocycles. The van der Waals surface area contributed by atoms with Gasteiger partial charge in [-0.3, -0.25) is 14.7 Å². The Morgan fingerprint density at radius 3 is 2.88 bits per heavy atom. The van der Waals surface area contributed by atoms with Crippen LogP contribution in [0.3, 0.4) is 0 Å². The van der Waals surface area contributed by atoms with E-state index in [4.69, 9.17) is 5.73 Å². The van der Waals surface area contributed by atoms with Gasteiger partial charge in [0.2, 0.25) is 5.91 Å². The molecule has 0 saturated carbocycles. The van der Waals surface area contributed by atoms with Gasteiger partial charge in [0.1, 0.15) is 12.2 Å². The van der Waals surface area contributed by atoms with Crippen LogP contribution in [-0.2, 0) is 4.79 Å². The number of aromatic amines is 1. The molecule has 0 aromatic carbocycles. The molecule has 3 N–H and O–H groups in total. The maximum Gasteiger partial charge on any atom is 0.274 e. The van der Waals surface area contributed by atoms with Crippen LogP contribution in [0, 0.1) is 0 Å². The van der Waals surface area contributed by atoms with Crippen LogP contribution in [0.5, 0.6) is 0 Å². The van der Waals surface area contributed by atoms with Gasteiger partial charge in [-0.15, -0.1) is 0 Å². The smallest absolute Gasteiger partial charge is 0.274 e. The Hall–Kier alpha value is -2.05.